The third-order valence-electron chi connectivity index (χ3n) is 4.73. The SMILES string of the molecule is CC(C)Oc1ccc(NC(=O)C2CC(=O)N(c3ccc4c(c3)OCO4)C2)cc1Cl. The van der Waals surface area contributed by atoms with Gasteiger partial charge in [-0.2, -0.15) is 0 Å². The summed E-state index contributed by atoms with van der Waals surface area (Å²) in [6.45, 7) is 4.29. The number of hydrogen-bond acceptors (Lipinski definition) is 5. The Balaban J connectivity index is 1.42. The van der Waals surface area contributed by atoms with Crippen molar-refractivity contribution in [1.82, 2.24) is 0 Å². The smallest absolute Gasteiger partial charge is 0.231 e. The van der Waals surface area contributed by atoms with Gasteiger partial charge in [0.15, 0.2) is 11.5 Å². The van der Waals surface area contributed by atoms with E-state index in [9.17, 15) is 9.59 Å². The van der Waals surface area contributed by atoms with Gasteiger partial charge in [0.2, 0.25) is 18.6 Å². The van der Waals surface area contributed by atoms with Crippen molar-refractivity contribution >= 4 is 34.8 Å². The Hall–Kier alpha value is -2.93. The number of fused-ring (bicyclic) bond motifs is 1. The molecule has 0 saturated carbocycles. The first-order chi connectivity index (χ1) is 13.9. The van der Waals surface area contributed by atoms with E-state index in [0.717, 1.165) is 0 Å². The number of benzene rings is 2. The maximum atomic E-state index is 12.7. The number of amides is 2. The highest BCUT2D eigenvalue weighted by Gasteiger charge is 2.35. The van der Waals surface area contributed by atoms with E-state index in [1.54, 1.807) is 41.3 Å². The molecule has 2 amide bonds. The lowest BCUT2D eigenvalue weighted by Crippen LogP contribution is -2.28. The molecule has 1 unspecified atom stereocenters. The average Bonchev–Trinajstić information content (AvgIpc) is 3.29. The van der Waals surface area contributed by atoms with E-state index in [0.29, 0.717) is 40.2 Å². The van der Waals surface area contributed by atoms with E-state index in [1.807, 2.05) is 13.8 Å². The van der Waals surface area contributed by atoms with Gasteiger partial charge in [-0.25, -0.2) is 0 Å². The number of halogens is 1. The lowest BCUT2D eigenvalue weighted by Gasteiger charge is -2.17. The number of carbonyl (C=O) groups excluding carboxylic acids is 2. The summed E-state index contributed by atoms with van der Waals surface area (Å²) < 4.78 is 16.3. The van der Waals surface area contributed by atoms with E-state index in [2.05, 4.69) is 5.32 Å². The number of anilines is 2. The number of nitrogens with zero attached hydrogens (tertiary/aromatic N) is 1. The second-order valence-electron chi connectivity index (χ2n) is 7.24. The summed E-state index contributed by atoms with van der Waals surface area (Å²) in [6.07, 6.45) is 0.141. The number of nitrogens with one attached hydrogen (secondary N) is 1. The highest BCUT2D eigenvalue weighted by atomic mass is 35.5. The van der Waals surface area contributed by atoms with Gasteiger partial charge in [-0.15, -0.1) is 0 Å². The van der Waals surface area contributed by atoms with Gasteiger partial charge in [0, 0.05) is 30.4 Å². The van der Waals surface area contributed by atoms with Crippen LogP contribution in [0.1, 0.15) is 20.3 Å². The molecule has 29 heavy (non-hydrogen) atoms. The molecule has 2 aliphatic heterocycles. The van der Waals surface area contributed by atoms with E-state index < -0.39 is 5.92 Å². The minimum absolute atomic E-state index is 0.000366. The van der Waals surface area contributed by atoms with Crippen LogP contribution in [0, 0.1) is 5.92 Å². The molecule has 2 heterocycles. The zero-order valence-corrected chi connectivity index (χ0v) is 16.9. The molecule has 0 aliphatic carbocycles. The molecule has 0 radical (unpaired) electrons. The molecule has 152 valence electrons. The summed E-state index contributed by atoms with van der Waals surface area (Å²) in [7, 11) is 0. The third-order valence-corrected chi connectivity index (χ3v) is 5.02. The highest BCUT2D eigenvalue weighted by Crippen LogP contribution is 2.37. The zero-order chi connectivity index (χ0) is 20.5. The van der Waals surface area contributed by atoms with Crippen molar-refractivity contribution in [2.24, 2.45) is 5.92 Å². The van der Waals surface area contributed by atoms with Gasteiger partial charge in [-0.05, 0) is 44.2 Å². The van der Waals surface area contributed by atoms with Crippen molar-refractivity contribution in [3.63, 3.8) is 0 Å². The molecular formula is C21H21ClN2O5. The molecule has 0 bridgehead atoms. The molecule has 0 aromatic heterocycles. The normalized spacial score (nSPS) is 17.7. The maximum absolute atomic E-state index is 12.7. The van der Waals surface area contributed by atoms with Crippen molar-refractivity contribution in [3.05, 3.63) is 41.4 Å². The van der Waals surface area contributed by atoms with E-state index in [1.165, 1.54) is 0 Å². The Kier molecular flexibility index (Phi) is 5.24. The van der Waals surface area contributed by atoms with Crippen LogP contribution in [0.4, 0.5) is 11.4 Å². The van der Waals surface area contributed by atoms with Gasteiger partial charge in [0.1, 0.15) is 5.75 Å². The van der Waals surface area contributed by atoms with Gasteiger partial charge >= 0.3 is 0 Å². The van der Waals surface area contributed by atoms with Crippen LogP contribution in [0.15, 0.2) is 36.4 Å². The molecule has 1 saturated heterocycles. The average molecular weight is 417 g/mol. The molecule has 1 atom stereocenters. The van der Waals surface area contributed by atoms with Crippen molar-refractivity contribution in [3.8, 4) is 17.2 Å². The summed E-state index contributed by atoms with van der Waals surface area (Å²) in [5, 5.41) is 3.25. The minimum Gasteiger partial charge on any atom is -0.489 e. The molecular weight excluding hydrogens is 396 g/mol. The molecule has 7 nitrogen and oxygen atoms in total. The number of ether oxygens (including phenoxy) is 3. The quantitative estimate of drug-likeness (QED) is 0.801. The van der Waals surface area contributed by atoms with Gasteiger partial charge in [-0.3, -0.25) is 9.59 Å². The first-order valence-electron chi connectivity index (χ1n) is 9.38. The highest BCUT2D eigenvalue weighted by molar-refractivity contribution is 6.32. The van der Waals surface area contributed by atoms with Gasteiger partial charge in [-0.1, -0.05) is 11.6 Å². The van der Waals surface area contributed by atoms with Gasteiger partial charge < -0.3 is 24.4 Å². The summed E-state index contributed by atoms with van der Waals surface area (Å²) in [4.78, 5) is 26.8. The van der Waals surface area contributed by atoms with Crippen LogP contribution in [0.5, 0.6) is 17.2 Å². The summed E-state index contributed by atoms with van der Waals surface area (Å²) in [6, 6.07) is 10.4. The van der Waals surface area contributed by atoms with E-state index in [4.69, 9.17) is 25.8 Å². The van der Waals surface area contributed by atoms with Crippen molar-refractivity contribution in [2.75, 3.05) is 23.6 Å². The lowest BCUT2D eigenvalue weighted by molar-refractivity contribution is -0.122. The molecule has 1 fully saturated rings. The van der Waals surface area contributed by atoms with Crippen LogP contribution < -0.4 is 24.4 Å². The molecule has 1 N–H and O–H groups in total. The second-order valence-corrected chi connectivity index (χ2v) is 7.65. The molecule has 4 rings (SSSR count). The first kappa shape index (κ1) is 19.4. The Morgan fingerprint density at radius 3 is 2.76 bits per heavy atom. The fourth-order valence-corrected chi connectivity index (χ4v) is 3.58. The van der Waals surface area contributed by atoms with Crippen molar-refractivity contribution in [2.45, 2.75) is 26.4 Å². The predicted octanol–water partition coefficient (Wildman–Crippen LogP) is 3.85. The zero-order valence-electron chi connectivity index (χ0n) is 16.1. The lowest BCUT2D eigenvalue weighted by atomic mass is 10.1. The van der Waals surface area contributed by atoms with E-state index in [-0.39, 0.29) is 31.1 Å². The molecule has 0 spiro atoms. The number of rotatable bonds is 5. The topological polar surface area (TPSA) is 77.1 Å². The van der Waals surface area contributed by atoms with Crippen LogP contribution >= 0.6 is 11.6 Å². The fraction of sp³-hybridized carbons (Fsp3) is 0.333. The van der Waals surface area contributed by atoms with Crippen LogP contribution in [0.25, 0.3) is 0 Å². The van der Waals surface area contributed by atoms with Gasteiger partial charge in [0.25, 0.3) is 0 Å². The molecule has 2 aromatic carbocycles. The maximum Gasteiger partial charge on any atom is 0.231 e. The van der Waals surface area contributed by atoms with E-state index >= 15 is 0 Å². The largest absolute Gasteiger partial charge is 0.489 e. The standard InChI is InChI=1S/C21H21ClN2O5/c1-12(2)29-17-5-3-14(8-16(17)22)23-21(26)13-7-20(25)24(10-13)15-4-6-18-19(9-15)28-11-27-18/h3-6,8-9,12-13H,7,10-11H2,1-2H3,(H,23,26). The minimum atomic E-state index is -0.460. The van der Waals surface area contributed by atoms with Gasteiger partial charge in [0.05, 0.1) is 17.0 Å². The second kappa shape index (κ2) is 7.83. The number of carbonyl (C=O) groups is 2. The summed E-state index contributed by atoms with van der Waals surface area (Å²) in [5.41, 5.74) is 1.25. The van der Waals surface area contributed by atoms with Crippen LogP contribution in [-0.2, 0) is 9.59 Å². The van der Waals surface area contributed by atoms with Crippen molar-refractivity contribution in [1.29, 1.82) is 0 Å². The summed E-state index contributed by atoms with van der Waals surface area (Å²) in [5.74, 6) is 1.01. The molecule has 8 heteroatoms. The van der Waals surface area contributed by atoms with Crippen LogP contribution in [0.3, 0.4) is 0 Å². The monoisotopic (exact) mass is 416 g/mol. The Morgan fingerprint density at radius 2 is 2.00 bits per heavy atom. The first-order valence-corrected chi connectivity index (χ1v) is 9.75. The van der Waals surface area contributed by atoms with Crippen LogP contribution in [-0.4, -0.2) is 31.3 Å². The third kappa shape index (κ3) is 4.10. The molecule has 2 aromatic rings. The predicted molar refractivity (Wildman–Crippen MR) is 109 cm³/mol. The van der Waals surface area contributed by atoms with Crippen LogP contribution in [0.2, 0.25) is 5.02 Å². The Morgan fingerprint density at radius 1 is 1.21 bits per heavy atom. The Labute approximate surface area is 173 Å². The Bertz CT molecular complexity index is 962. The van der Waals surface area contributed by atoms with Crippen molar-refractivity contribution < 1.29 is 23.8 Å². The fourth-order valence-electron chi connectivity index (χ4n) is 3.36. The number of hydrogen-bond donors (Lipinski definition) is 1. The summed E-state index contributed by atoms with van der Waals surface area (Å²) >= 11 is 6.23. The molecule has 2 aliphatic rings.